The maximum absolute atomic E-state index is 11.2. The van der Waals surface area contributed by atoms with E-state index in [0.717, 1.165) is 5.56 Å². The first kappa shape index (κ1) is 11.0. The maximum atomic E-state index is 11.2. The molecule has 0 saturated carbocycles. The van der Waals surface area contributed by atoms with Crippen molar-refractivity contribution in [3.8, 4) is 5.75 Å². The fourth-order valence-corrected chi connectivity index (χ4v) is 1.80. The van der Waals surface area contributed by atoms with Crippen LogP contribution in [-0.4, -0.2) is 20.6 Å². The minimum absolute atomic E-state index is 0.114. The van der Waals surface area contributed by atoms with Gasteiger partial charge in [0.15, 0.2) is 0 Å². The van der Waals surface area contributed by atoms with E-state index in [2.05, 4.69) is 4.72 Å². The molecule has 78 valence electrons. The van der Waals surface area contributed by atoms with Crippen LogP contribution < -0.4 is 4.72 Å². The first-order valence-corrected chi connectivity index (χ1v) is 5.79. The molecule has 0 aromatic heterocycles. The number of benzene rings is 1. The number of rotatable bonds is 3. The zero-order chi connectivity index (χ0) is 10.8. The summed E-state index contributed by atoms with van der Waals surface area (Å²) >= 11 is 0. The molecule has 0 aliphatic carbocycles. The number of phenols is 1. The summed E-state index contributed by atoms with van der Waals surface area (Å²) in [5.41, 5.74) is 1.30. The molecular weight excluding hydrogens is 202 g/mol. The third-order valence-corrected chi connectivity index (χ3v) is 3.28. The van der Waals surface area contributed by atoms with Crippen molar-refractivity contribution in [1.82, 2.24) is 4.72 Å². The summed E-state index contributed by atoms with van der Waals surface area (Å²) in [7, 11) is -1.90. The maximum Gasteiger partial charge on any atom is 0.215 e. The molecule has 0 saturated heterocycles. The van der Waals surface area contributed by atoms with Crippen molar-refractivity contribution < 1.29 is 13.5 Å². The van der Waals surface area contributed by atoms with Crippen LogP contribution >= 0.6 is 0 Å². The molecule has 0 unspecified atom stereocenters. The van der Waals surface area contributed by atoms with Gasteiger partial charge >= 0.3 is 0 Å². The third-order valence-electron chi connectivity index (χ3n) is 1.94. The lowest BCUT2D eigenvalue weighted by Crippen LogP contribution is -2.20. The highest BCUT2D eigenvalue weighted by atomic mass is 32.2. The zero-order valence-electron chi connectivity index (χ0n) is 8.11. The van der Waals surface area contributed by atoms with Crippen LogP contribution in [0.4, 0.5) is 0 Å². The second kappa shape index (κ2) is 3.98. The second-order valence-electron chi connectivity index (χ2n) is 3.08. The van der Waals surface area contributed by atoms with Gasteiger partial charge in [0.1, 0.15) is 5.75 Å². The van der Waals surface area contributed by atoms with E-state index in [9.17, 15) is 13.5 Å². The van der Waals surface area contributed by atoms with E-state index >= 15 is 0 Å². The molecule has 0 aliphatic heterocycles. The Kier molecular flexibility index (Phi) is 3.13. The fourth-order valence-electron chi connectivity index (χ4n) is 1.04. The van der Waals surface area contributed by atoms with Crippen molar-refractivity contribution in [2.75, 3.05) is 7.05 Å². The molecular formula is C9H13NO3S. The average molecular weight is 215 g/mol. The first-order chi connectivity index (χ1) is 6.44. The summed E-state index contributed by atoms with van der Waals surface area (Å²) < 4.78 is 24.6. The molecule has 0 bridgehead atoms. The van der Waals surface area contributed by atoms with Crippen LogP contribution in [0.2, 0.25) is 0 Å². The lowest BCUT2D eigenvalue weighted by molar-refractivity contribution is 0.470. The van der Waals surface area contributed by atoms with E-state index in [1.807, 2.05) is 0 Å². The molecule has 1 aromatic rings. The Bertz CT molecular complexity index is 426. The molecule has 1 rings (SSSR count). The van der Waals surface area contributed by atoms with Gasteiger partial charge in [0.25, 0.3) is 0 Å². The number of sulfonamides is 1. The predicted octanol–water partition coefficient (Wildman–Crippen LogP) is 0.750. The van der Waals surface area contributed by atoms with Gasteiger partial charge in [-0.3, -0.25) is 0 Å². The Morgan fingerprint density at radius 3 is 2.57 bits per heavy atom. The van der Waals surface area contributed by atoms with E-state index in [0.29, 0.717) is 5.56 Å². The molecule has 1 aromatic carbocycles. The van der Waals surface area contributed by atoms with E-state index in [1.54, 1.807) is 19.1 Å². The van der Waals surface area contributed by atoms with Gasteiger partial charge in [-0.15, -0.1) is 0 Å². The Labute approximate surface area is 83.6 Å². The van der Waals surface area contributed by atoms with Crippen molar-refractivity contribution in [3.63, 3.8) is 0 Å². The molecule has 0 amide bonds. The summed E-state index contributed by atoms with van der Waals surface area (Å²) in [6, 6.07) is 4.84. The normalized spacial score (nSPS) is 11.6. The molecule has 0 heterocycles. The summed E-state index contributed by atoms with van der Waals surface area (Å²) in [6.45, 7) is 1.76. The van der Waals surface area contributed by atoms with Crippen LogP contribution in [0.3, 0.4) is 0 Å². The van der Waals surface area contributed by atoms with E-state index < -0.39 is 10.0 Å². The first-order valence-electron chi connectivity index (χ1n) is 4.14. The number of hydrogen-bond donors (Lipinski definition) is 2. The molecule has 0 spiro atoms. The highest BCUT2D eigenvalue weighted by Crippen LogP contribution is 2.18. The van der Waals surface area contributed by atoms with Crippen LogP contribution in [0.5, 0.6) is 5.75 Å². The summed E-state index contributed by atoms with van der Waals surface area (Å²) in [5.74, 6) is 0.00551. The van der Waals surface area contributed by atoms with Gasteiger partial charge in [0, 0.05) is 0 Å². The molecule has 0 aliphatic rings. The third kappa shape index (κ3) is 2.71. The topological polar surface area (TPSA) is 66.4 Å². The molecule has 5 heteroatoms. The number of hydrogen-bond acceptors (Lipinski definition) is 3. The van der Waals surface area contributed by atoms with Gasteiger partial charge in [-0.2, -0.15) is 0 Å². The van der Waals surface area contributed by atoms with Crippen molar-refractivity contribution in [3.05, 3.63) is 29.3 Å². The Hall–Kier alpha value is -1.07. The Balaban J connectivity index is 2.94. The summed E-state index contributed by atoms with van der Waals surface area (Å²) in [6.07, 6.45) is 0. The van der Waals surface area contributed by atoms with Crippen molar-refractivity contribution in [2.24, 2.45) is 0 Å². The second-order valence-corrected chi connectivity index (χ2v) is 5.01. The van der Waals surface area contributed by atoms with Gasteiger partial charge in [-0.1, -0.05) is 12.1 Å². The molecule has 0 radical (unpaired) electrons. The Morgan fingerprint density at radius 1 is 1.43 bits per heavy atom. The van der Waals surface area contributed by atoms with E-state index in [1.165, 1.54) is 13.1 Å². The van der Waals surface area contributed by atoms with Crippen molar-refractivity contribution in [2.45, 2.75) is 12.7 Å². The highest BCUT2D eigenvalue weighted by molar-refractivity contribution is 7.88. The fraction of sp³-hybridized carbons (Fsp3) is 0.333. The van der Waals surface area contributed by atoms with Crippen LogP contribution in [0.25, 0.3) is 0 Å². The lowest BCUT2D eigenvalue weighted by Gasteiger charge is -2.04. The van der Waals surface area contributed by atoms with Crippen LogP contribution in [0.15, 0.2) is 18.2 Å². The number of phenolic OH excluding ortho intramolecular Hbond substituents is 1. The molecule has 2 N–H and O–H groups in total. The molecule has 4 nitrogen and oxygen atoms in total. The SMILES string of the molecule is CNS(=O)(=O)Cc1ccc(C)c(O)c1. The van der Waals surface area contributed by atoms with Crippen molar-refractivity contribution in [1.29, 1.82) is 0 Å². The van der Waals surface area contributed by atoms with Crippen LogP contribution in [-0.2, 0) is 15.8 Å². The number of aryl methyl sites for hydroxylation is 1. The monoisotopic (exact) mass is 215 g/mol. The lowest BCUT2D eigenvalue weighted by atomic mass is 10.1. The van der Waals surface area contributed by atoms with Gasteiger partial charge in [0.2, 0.25) is 10.0 Å². The van der Waals surface area contributed by atoms with Crippen LogP contribution in [0, 0.1) is 6.92 Å². The highest BCUT2D eigenvalue weighted by Gasteiger charge is 2.09. The minimum atomic E-state index is -3.26. The van der Waals surface area contributed by atoms with Crippen molar-refractivity contribution >= 4 is 10.0 Å². The van der Waals surface area contributed by atoms with Crippen LogP contribution in [0.1, 0.15) is 11.1 Å². The predicted molar refractivity (Wildman–Crippen MR) is 54.5 cm³/mol. The summed E-state index contributed by atoms with van der Waals surface area (Å²) in [4.78, 5) is 0. The van der Waals surface area contributed by atoms with E-state index in [4.69, 9.17) is 0 Å². The molecule has 0 fully saturated rings. The number of nitrogens with one attached hydrogen (secondary N) is 1. The van der Waals surface area contributed by atoms with Gasteiger partial charge in [-0.05, 0) is 31.2 Å². The van der Waals surface area contributed by atoms with E-state index in [-0.39, 0.29) is 11.5 Å². The molecule has 14 heavy (non-hydrogen) atoms. The average Bonchev–Trinajstić information content (AvgIpc) is 2.11. The molecule has 0 atom stereocenters. The minimum Gasteiger partial charge on any atom is -0.508 e. The number of aromatic hydroxyl groups is 1. The van der Waals surface area contributed by atoms with Gasteiger partial charge in [0.05, 0.1) is 5.75 Å². The summed E-state index contributed by atoms with van der Waals surface area (Å²) in [5, 5.41) is 9.35. The van der Waals surface area contributed by atoms with Gasteiger partial charge in [-0.25, -0.2) is 13.1 Å². The standard InChI is InChI=1S/C9H13NO3S/c1-7-3-4-8(5-9(7)11)6-14(12,13)10-2/h3-5,10-11H,6H2,1-2H3. The van der Waals surface area contributed by atoms with Gasteiger partial charge < -0.3 is 5.11 Å². The zero-order valence-corrected chi connectivity index (χ0v) is 8.93. The largest absolute Gasteiger partial charge is 0.508 e. The quantitative estimate of drug-likeness (QED) is 0.782. The smallest absolute Gasteiger partial charge is 0.215 e. The Morgan fingerprint density at radius 2 is 2.07 bits per heavy atom.